The van der Waals surface area contributed by atoms with Gasteiger partial charge in [-0.05, 0) is 17.7 Å². The van der Waals surface area contributed by atoms with Crippen LogP contribution in [-0.2, 0) is 20.9 Å². The maximum Gasteiger partial charge on any atom is 0.338 e. The van der Waals surface area contributed by atoms with E-state index in [1.807, 2.05) is 0 Å². The van der Waals surface area contributed by atoms with Gasteiger partial charge in [-0.25, -0.2) is 9.59 Å². The molecule has 0 aliphatic carbocycles. The van der Waals surface area contributed by atoms with Crippen molar-refractivity contribution in [3.63, 3.8) is 0 Å². The number of carbonyl (C=O) groups excluding carboxylic acids is 3. The van der Waals surface area contributed by atoms with Crippen LogP contribution in [0.25, 0.3) is 0 Å². The van der Waals surface area contributed by atoms with Crippen molar-refractivity contribution in [1.29, 1.82) is 0 Å². The third-order valence-electron chi connectivity index (χ3n) is 5.48. The standard InChI is InChI=1S/C23H22ClN3O6/c1-31-17-9-5-6-13(21(17)32-2)10-25-18(28)11-27-16-12-33-22(29)19(16)20(26-23(27)30)14-7-3-4-8-15(14)24/h3-9,20H,10-12H2,1-2H3,(H,25,28)(H,26,30)/t20-/m1/s1. The van der Waals surface area contributed by atoms with Crippen LogP contribution in [-0.4, -0.2) is 50.2 Å². The predicted octanol–water partition coefficient (Wildman–Crippen LogP) is 2.55. The number of para-hydroxylation sites is 1. The monoisotopic (exact) mass is 471 g/mol. The van der Waals surface area contributed by atoms with Gasteiger partial charge in [-0.1, -0.05) is 41.9 Å². The SMILES string of the molecule is COc1cccc(CNC(=O)CN2C(=O)N[C@H](c3ccccc3Cl)C3=C2COC3=O)c1OC. The van der Waals surface area contributed by atoms with Crippen LogP contribution < -0.4 is 20.1 Å². The maximum absolute atomic E-state index is 12.9. The molecule has 0 fully saturated rings. The van der Waals surface area contributed by atoms with Gasteiger partial charge in [0.1, 0.15) is 13.2 Å². The van der Waals surface area contributed by atoms with Crippen LogP contribution in [0.15, 0.2) is 53.7 Å². The molecule has 2 aromatic rings. The number of hydrogen-bond donors (Lipinski definition) is 2. The zero-order valence-electron chi connectivity index (χ0n) is 18.0. The van der Waals surface area contributed by atoms with E-state index in [1.54, 1.807) is 42.5 Å². The molecule has 1 atom stereocenters. The van der Waals surface area contributed by atoms with E-state index in [-0.39, 0.29) is 25.3 Å². The Morgan fingerprint density at radius 1 is 1.18 bits per heavy atom. The van der Waals surface area contributed by atoms with Crippen molar-refractivity contribution in [2.24, 2.45) is 0 Å². The first kappa shape index (κ1) is 22.5. The van der Waals surface area contributed by atoms with Gasteiger partial charge >= 0.3 is 12.0 Å². The summed E-state index contributed by atoms with van der Waals surface area (Å²) in [6.45, 7) is -0.222. The highest BCUT2D eigenvalue weighted by Crippen LogP contribution is 2.37. The second kappa shape index (κ2) is 9.41. The highest BCUT2D eigenvalue weighted by Gasteiger charge is 2.43. The molecule has 2 aliphatic heterocycles. The van der Waals surface area contributed by atoms with Crippen molar-refractivity contribution in [2.45, 2.75) is 12.6 Å². The van der Waals surface area contributed by atoms with Crippen LogP contribution in [0.4, 0.5) is 4.79 Å². The summed E-state index contributed by atoms with van der Waals surface area (Å²) < 4.78 is 15.8. The molecule has 0 radical (unpaired) electrons. The lowest BCUT2D eigenvalue weighted by Crippen LogP contribution is -2.50. The van der Waals surface area contributed by atoms with Crippen LogP contribution in [0.1, 0.15) is 17.2 Å². The van der Waals surface area contributed by atoms with Crippen LogP contribution in [0.3, 0.4) is 0 Å². The second-order valence-corrected chi connectivity index (χ2v) is 7.76. The summed E-state index contributed by atoms with van der Waals surface area (Å²) in [6.07, 6.45) is 0. The number of halogens is 1. The van der Waals surface area contributed by atoms with Gasteiger partial charge in [0.15, 0.2) is 11.5 Å². The molecule has 2 N–H and O–H groups in total. The molecule has 2 aliphatic rings. The van der Waals surface area contributed by atoms with Gasteiger partial charge in [-0.2, -0.15) is 0 Å². The number of rotatable bonds is 7. The highest BCUT2D eigenvalue weighted by molar-refractivity contribution is 6.31. The first-order valence-corrected chi connectivity index (χ1v) is 10.5. The number of ether oxygens (including phenoxy) is 3. The average Bonchev–Trinajstić information content (AvgIpc) is 3.20. The Hall–Kier alpha value is -3.72. The molecule has 0 unspecified atom stereocenters. The number of methoxy groups -OCH3 is 2. The molecule has 3 amide bonds. The van der Waals surface area contributed by atoms with Gasteiger partial charge in [-0.3, -0.25) is 9.69 Å². The molecular formula is C23H22ClN3O6. The predicted molar refractivity (Wildman–Crippen MR) is 119 cm³/mol. The minimum atomic E-state index is -0.753. The van der Waals surface area contributed by atoms with E-state index in [4.69, 9.17) is 25.8 Å². The molecule has 4 rings (SSSR count). The minimum Gasteiger partial charge on any atom is -0.493 e. The zero-order chi connectivity index (χ0) is 23.5. The van der Waals surface area contributed by atoms with Crippen molar-refractivity contribution in [3.05, 3.63) is 69.9 Å². The number of nitrogens with one attached hydrogen (secondary N) is 2. The normalized spacial score (nSPS) is 17.3. The van der Waals surface area contributed by atoms with Crippen molar-refractivity contribution in [3.8, 4) is 11.5 Å². The number of cyclic esters (lactones) is 1. The van der Waals surface area contributed by atoms with E-state index in [1.165, 1.54) is 19.1 Å². The molecule has 2 heterocycles. The first-order valence-electron chi connectivity index (χ1n) is 10.1. The molecule has 0 saturated heterocycles. The Morgan fingerprint density at radius 3 is 2.70 bits per heavy atom. The molecule has 33 heavy (non-hydrogen) atoms. The number of carbonyl (C=O) groups is 3. The van der Waals surface area contributed by atoms with Gasteiger partial charge in [0, 0.05) is 17.1 Å². The van der Waals surface area contributed by atoms with E-state index in [0.29, 0.717) is 33.3 Å². The number of nitrogens with zero attached hydrogens (tertiary/aromatic N) is 1. The third-order valence-corrected chi connectivity index (χ3v) is 5.82. The molecule has 9 nitrogen and oxygen atoms in total. The Labute approximate surface area is 195 Å². The summed E-state index contributed by atoms with van der Waals surface area (Å²) in [5.41, 5.74) is 1.91. The Bertz CT molecular complexity index is 1150. The van der Waals surface area contributed by atoms with E-state index in [2.05, 4.69) is 10.6 Å². The Morgan fingerprint density at radius 2 is 1.97 bits per heavy atom. The zero-order valence-corrected chi connectivity index (χ0v) is 18.8. The smallest absolute Gasteiger partial charge is 0.338 e. The van der Waals surface area contributed by atoms with Gasteiger partial charge in [0.05, 0.1) is 31.5 Å². The lowest BCUT2D eigenvalue weighted by molar-refractivity contribution is -0.136. The summed E-state index contributed by atoms with van der Waals surface area (Å²) in [5.74, 6) is 0.0823. The summed E-state index contributed by atoms with van der Waals surface area (Å²) in [5, 5.41) is 5.95. The molecule has 0 spiro atoms. The van der Waals surface area contributed by atoms with Crippen molar-refractivity contribution < 1.29 is 28.6 Å². The Kier molecular flexibility index (Phi) is 6.41. The third kappa shape index (κ3) is 4.31. The summed E-state index contributed by atoms with van der Waals surface area (Å²) in [7, 11) is 3.04. The van der Waals surface area contributed by atoms with Crippen LogP contribution in [0, 0.1) is 0 Å². The molecule has 172 valence electrons. The van der Waals surface area contributed by atoms with Crippen LogP contribution in [0.5, 0.6) is 11.5 Å². The van der Waals surface area contributed by atoms with E-state index in [9.17, 15) is 14.4 Å². The summed E-state index contributed by atoms with van der Waals surface area (Å²) in [6, 6.07) is 11.0. The molecule has 10 heteroatoms. The first-order chi connectivity index (χ1) is 15.9. The molecular weight excluding hydrogens is 450 g/mol. The number of hydrogen-bond acceptors (Lipinski definition) is 6. The van der Waals surface area contributed by atoms with Crippen molar-refractivity contribution in [2.75, 3.05) is 27.4 Å². The van der Waals surface area contributed by atoms with Gasteiger partial charge in [0.25, 0.3) is 0 Å². The van der Waals surface area contributed by atoms with Crippen LogP contribution >= 0.6 is 11.6 Å². The largest absolute Gasteiger partial charge is 0.493 e. The number of benzene rings is 2. The highest BCUT2D eigenvalue weighted by atomic mass is 35.5. The molecule has 0 saturated carbocycles. The lowest BCUT2D eigenvalue weighted by Gasteiger charge is -2.32. The van der Waals surface area contributed by atoms with E-state index >= 15 is 0 Å². The van der Waals surface area contributed by atoms with Crippen LogP contribution in [0.2, 0.25) is 5.02 Å². The van der Waals surface area contributed by atoms with E-state index in [0.717, 1.165) is 0 Å². The van der Waals surface area contributed by atoms with Crippen molar-refractivity contribution in [1.82, 2.24) is 15.5 Å². The number of esters is 1. The molecule has 2 aromatic carbocycles. The lowest BCUT2D eigenvalue weighted by atomic mass is 9.95. The van der Waals surface area contributed by atoms with Gasteiger partial charge in [-0.15, -0.1) is 0 Å². The molecule has 0 aromatic heterocycles. The van der Waals surface area contributed by atoms with E-state index < -0.39 is 23.9 Å². The second-order valence-electron chi connectivity index (χ2n) is 7.36. The topological polar surface area (TPSA) is 106 Å². The quantitative estimate of drug-likeness (QED) is 0.601. The fourth-order valence-corrected chi connectivity index (χ4v) is 4.15. The Balaban J connectivity index is 1.52. The fourth-order valence-electron chi connectivity index (χ4n) is 3.91. The number of urea groups is 1. The minimum absolute atomic E-state index is 0.0977. The average molecular weight is 472 g/mol. The fraction of sp³-hybridized carbons (Fsp3) is 0.261. The number of amides is 3. The maximum atomic E-state index is 12.9. The van der Waals surface area contributed by atoms with Gasteiger partial charge < -0.3 is 24.8 Å². The molecule has 0 bridgehead atoms. The van der Waals surface area contributed by atoms with Gasteiger partial charge in [0.2, 0.25) is 5.91 Å². The van der Waals surface area contributed by atoms with Crippen molar-refractivity contribution >= 4 is 29.5 Å². The summed E-state index contributed by atoms with van der Waals surface area (Å²) in [4.78, 5) is 39.2. The summed E-state index contributed by atoms with van der Waals surface area (Å²) >= 11 is 6.29.